The molecule has 0 atom stereocenters. The molecule has 0 amide bonds. The molecule has 0 unspecified atom stereocenters. The molecule has 0 aromatic carbocycles. The van der Waals surface area contributed by atoms with Gasteiger partial charge in [0.05, 0.1) is 0 Å². The van der Waals surface area contributed by atoms with Crippen LogP contribution in [0.5, 0.6) is 0 Å². The minimum absolute atomic E-state index is 0.250. The van der Waals surface area contributed by atoms with Gasteiger partial charge >= 0.3 is 60.3 Å². The van der Waals surface area contributed by atoms with Crippen LogP contribution in [0.2, 0.25) is 0 Å². The first-order valence-electron chi connectivity index (χ1n) is 2.75. The quantitative estimate of drug-likeness (QED) is 0.400. The molecule has 0 aliphatic heterocycles. The van der Waals surface area contributed by atoms with E-state index in [1.807, 2.05) is 24.5 Å². The van der Waals surface area contributed by atoms with Crippen molar-refractivity contribution in [2.75, 3.05) is 0 Å². The first-order chi connectivity index (χ1) is 4.81. The number of hydrogen-bond donors (Lipinski definition) is 1. The summed E-state index contributed by atoms with van der Waals surface area (Å²) in [4.78, 5) is 12.2. The van der Waals surface area contributed by atoms with Crippen LogP contribution in [0.3, 0.4) is 0 Å². The van der Waals surface area contributed by atoms with Crippen molar-refractivity contribution in [2.24, 2.45) is 0 Å². The van der Waals surface area contributed by atoms with Crippen LogP contribution in [-0.2, 0) is 4.79 Å². The average Bonchev–Trinajstić information content (AvgIpc) is 1.91. The molecular weight excluding hydrogens is 141 g/mol. The van der Waals surface area contributed by atoms with Gasteiger partial charge in [-0.05, 0) is 0 Å². The van der Waals surface area contributed by atoms with E-state index >= 15 is 0 Å². The van der Waals surface area contributed by atoms with Crippen molar-refractivity contribution in [3.05, 3.63) is 24.5 Å². The molecule has 10 heavy (non-hydrogen) atoms. The zero-order chi connectivity index (χ0) is 7.82. The number of hydrogen-bond acceptors (Lipinski definition) is 2. The maximum atomic E-state index is 8.36. The Hall–Kier alpha value is -0.380. The van der Waals surface area contributed by atoms with E-state index in [4.69, 9.17) is 9.90 Å². The zero-order valence-corrected chi connectivity index (χ0v) is 7.69. The van der Waals surface area contributed by atoms with E-state index in [1.165, 1.54) is 2.81 Å². The second-order valence-corrected chi connectivity index (χ2v) is 2.78. The van der Waals surface area contributed by atoms with E-state index in [0.29, 0.717) is 0 Å². The Morgan fingerprint density at radius 2 is 1.90 bits per heavy atom. The van der Waals surface area contributed by atoms with Gasteiger partial charge in [0.2, 0.25) is 0 Å². The normalized spacial score (nSPS) is 7.40. The van der Waals surface area contributed by atoms with E-state index < -0.39 is 0 Å². The molecule has 0 saturated heterocycles. The van der Waals surface area contributed by atoms with E-state index in [2.05, 4.69) is 4.98 Å². The summed E-state index contributed by atoms with van der Waals surface area (Å²) in [5.41, 5.74) is 0. The average molecular weight is 147 g/mol. The molecule has 0 spiro atoms. The van der Waals surface area contributed by atoms with E-state index in [9.17, 15) is 0 Å². The summed E-state index contributed by atoms with van der Waals surface area (Å²) < 4.78 is 1.40. The van der Waals surface area contributed by atoms with Gasteiger partial charge < -0.3 is 5.11 Å². The van der Waals surface area contributed by atoms with Gasteiger partial charge in [-0.15, -0.1) is 0 Å². The first kappa shape index (κ1) is 9.62. The maximum absolute atomic E-state index is 8.36. The van der Waals surface area contributed by atoms with Gasteiger partial charge in [0.25, 0.3) is 6.47 Å². The van der Waals surface area contributed by atoms with Gasteiger partial charge in [-0.25, -0.2) is 0 Å². The molecule has 1 aromatic heterocycles. The van der Waals surface area contributed by atoms with Gasteiger partial charge in [-0.2, -0.15) is 0 Å². The third-order valence-corrected chi connectivity index (χ3v) is 1.51. The molecule has 1 heterocycles. The molecule has 0 radical (unpaired) electrons. The number of carbonyl (C=O) groups is 1. The number of aromatic nitrogens is 1. The Balaban J connectivity index is 0.000000236. The van der Waals surface area contributed by atoms with Crippen molar-refractivity contribution in [1.82, 2.24) is 4.98 Å². The van der Waals surface area contributed by atoms with Crippen LogP contribution in [0, 0.1) is 0 Å². The van der Waals surface area contributed by atoms with Gasteiger partial charge in [0.1, 0.15) is 0 Å². The van der Waals surface area contributed by atoms with Gasteiger partial charge in [0, 0.05) is 0 Å². The predicted octanol–water partition coefficient (Wildman–Crippen LogP) is -0.424. The molecule has 4 heteroatoms. The third kappa shape index (κ3) is 5.75. The van der Waals surface area contributed by atoms with Gasteiger partial charge in [-0.3, -0.25) is 4.79 Å². The summed E-state index contributed by atoms with van der Waals surface area (Å²) in [6.07, 6.45) is 3.64. The summed E-state index contributed by atoms with van der Waals surface area (Å²) in [6.45, 7) is -0.250. The second kappa shape index (κ2) is 6.74. The summed E-state index contributed by atoms with van der Waals surface area (Å²) >= 11 is 1.13. The monoisotopic (exact) mass is 147 g/mol. The van der Waals surface area contributed by atoms with Gasteiger partial charge in [-0.1, -0.05) is 0 Å². The number of rotatable bonds is 0. The third-order valence-electron chi connectivity index (χ3n) is 0.847. The fraction of sp³-hybridized carbons (Fsp3) is 0. The van der Waals surface area contributed by atoms with Crippen LogP contribution in [0.25, 0.3) is 0 Å². The van der Waals surface area contributed by atoms with Crippen molar-refractivity contribution >= 4 is 37.2 Å². The number of pyridine rings is 1. The topological polar surface area (TPSA) is 50.2 Å². The Morgan fingerprint density at radius 1 is 1.50 bits per heavy atom. The molecule has 1 aromatic rings. The fourth-order valence-corrected chi connectivity index (χ4v) is 0.725. The summed E-state index contributed by atoms with van der Waals surface area (Å²) in [5.74, 6) is 0. The number of nitrogens with zero attached hydrogens (tertiary/aromatic N) is 1. The summed E-state index contributed by atoms with van der Waals surface area (Å²) in [6, 6.07) is 4.07. The molecule has 0 bridgehead atoms. The molecule has 48 valence electrons. The Kier molecular flexibility index (Phi) is 6.48. The van der Waals surface area contributed by atoms with Crippen LogP contribution in [0.15, 0.2) is 24.5 Å². The number of carboxylic acid groups (broad SMARTS) is 1. The zero-order valence-electron chi connectivity index (χ0n) is 5.69. The molecule has 0 aliphatic carbocycles. The van der Waals surface area contributed by atoms with E-state index in [-0.39, 0.29) is 6.47 Å². The van der Waals surface area contributed by atoms with Crippen molar-refractivity contribution in [2.45, 2.75) is 0 Å². The van der Waals surface area contributed by atoms with Crippen molar-refractivity contribution < 1.29 is 9.90 Å². The first-order valence-corrected chi connectivity index (χ1v) is 3.75. The van der Waals surface area contributed by atoms with Crippen LogP contribution >= 0.6 is 0 Å². The van der Waals surface area contributed by atoms with Crippen LogP contribution in [0.1, 0.15) is 0 Å². The Labute approximate surface area is 76.5 Å². The fourth-order valence-electron chi connectivity index (χ4n) is 0.426. The molecule has 1 rings (SSSR count). The molecular formula is C6H6NNaO2. The minimum atomic E-state index is -0.250. The van der Waals surface area contributed by atoms with Crippen LogP contribution in [-0.4, -0.2) is 44.5 Å². The van der Waals surface area contributed by atoms with Crippen molar-refractivity contribution in [1.29, 1.82) is 0 Å². The predicted molar refractivity (Wildman–Crippen MR) is 38.3 cm³/mol. The molecule has 1 N–H and O–H groups in total. The van der Waals surface area contributed by atoms with Crippen molar-refractivity contribution in [3.63, 3.8) is 0 Å². The summed E-state index contributed by atoms with van der Waals surface area (Å²) in [5, 5.41) is 6.89. The van der Waals surface area contributed by atoms with E-state index in [1.54, 1.807) is 0 Å². The summed E-state index contributed by atoms with van der Waals surface area (Å²) in [7, 11) is 0. The second-order valence-electron chi connectivity index (χ2n) is 1.63. The van der Waals surface area contributed by atoms with Crippen LogP contribution in [0.4, 0.5) is 0 Å². The molecule has 0 saturated carbocycles. The van der Waals surface area contributed by atoms with Crippen LogP contribution < -0.4 is 2.81 Å². The molecule has 0 aliphatic rings. The SMILES string of the molecule is O=CO.[Na][c]1ccncc1. The van der Waals surface area contributed by atoms with Crippen molar-refractivity contribution in [3.8, 4) is 0 Å². The Bertz CT molecular complexity index is 178. The molecule has 3 nitrogen and oxygen atoms in total. The Morgan fingerprint density at radius 3 is 2.10 bits per heavy atom. The molecule has 0 fully saturated rings. The van der Waals surface area contributed by atoms with Gasteiger partial charge in [0.15, 0.2) is 0 Å². The standard InChI is InChI=1S/C5H4N.CH2O2.Na/c1-2-4-6-5-3-1;2-1-3;/h2-5H;1H,(H,2,3);. The van der Waals surface area contributed by atoms with E-state index in [0.717, 1.165) is 27.9 Å².